The Morgan fingerprint density at radius 2 is 2.36 bits per heavy atom. The number of halogens is 1. The van der Waals surface area contributed by atoms with E-state index < -0.39 is 0 Å². The van der Waals surface area contributed by atoms with E-state index in [1.54, 1.807) is 0 Å². The highest BCUT2D eigenvalue weighted by molar-refractivity contribution is 6.31. The summed E-state index contributed by atoms with van der Waals surface area (Å²) in [5.74, 6) is 0. The summed E-state index contributed by atoms with van der Waals surface area (Å²) in [6.07, 6.45) is 0. The predicted molar refractivity (Wildman–Crippen MR) is 48.3 cm³/mol. The summed E-state index contributed by atoms with van der Waals surface area (Å²) in [5.41, 5.74) is 2.34. The van der Waals surface area contributed by atoms with Crippen molar-refractivity contribution in [3.05, 3.63) is 23.2 Å². The van der Waals surface area contributed by atoms with Crippen LogP contribution in [0.25, 0.3) is 0 Å². The van der Waals surface area contributed by atoms with Gasteiger partial charge >= 0.3 is 0 Å². The van der Waals surface area contributed by atoms with Gasteiger partial charge in [-0.05, 0) is 18.2 Å². The Labute approximate surface area is 70.8 Å². The molecule has 0 bridgehead atoms. The quantitative estimate of drug-likeness (QED) is 0.639. The van der Waals surface area contributed by atoms with E-state index in [2.05, 4.69) is 10.2 Å². The molecule has 1 N–H and O–H groups in total. The molecule has 0 unspecified atom stereocenters. The number of nitrogens with one attached hydrogen (secondary N) is 1. The number of anilines is 2. The Morgan fingerprint density at radius 1 is 1.55 bits per heavy atom. The molecule has 0 saturated carbocycles. The molecule has 1 heterocycles. The highest BCUT2D eigenvalue weighted by atomic mass is 35.5. The van der Waals surface area contributed by atoms with Gasteiger partial charge in [0.15, 0.2) is 0 Å². The van der Waals surface area contributed by atoms with E-state index in [-0.39, 0.29) is 0 Å². The van der Waals surface area contributed by atoms with Gasteiger partial charge in [-0.25, -0.2) is 0 Å². The van der Waals surface area contributed by atoms with Gasteiger partial charge in [-0.3, -0.25) is 0 Å². The number of benzene rings is 1. The van der Waals surface area contributed by atoms with Gasteiger partial charge in [0, 0.05) is 12.1 Å². The summed E-state index contributed by atoms with van der Waals surface area (Å²) >= 11 is 5.83. The molecule has 2 rings (SSSR count). The van der Waals surface area contributed by atoms with Gasteiger partial charge in [-0.1, -0.05) is 11.6 Å². The average Bonchev–Trinajstić information content (AvgIpc) is 2.33. The number of rotatable bonds is 0. The van der Waals surface area contributed by atoms with Crippen LogP contribution in [-0.4, -0.2) is 13.7 Å². The van der Waals surface area contributed by atoms with Crippen LogP contribution < -0.4 is 10.2 Å². The number of hydrogen-bond acceptors (Lipinski definition) is 2. The van der Waals surface area contributed by atoms with E-state index in [0.29, 0.717) is 0 Å². The van der Waals surface area contributed by atoms with Gasteiger partial charge in [-0.15, -0.1) is 0 Å². The molecule has 0 aromatic heterocycles. The van der Waals surface area contributed by atoms with Crippen molar-refractivity contribution in [1.29, 1.82) is 0 Å². The Hall–Kier alpha value is -0.890. The van der Waals surface area contributed by atoms with Crippen molar-refractivity contribution in [2.24, 2.45) is 0 Å². The van der Waals surface area contributed by atoms with Gasteiger partial charge in [0.25, 0.3) is 0 Å². The standard InChI is InChI=1S/C8H9ClN2/c1-11-5-10-7-3-2-6(9)4-8(7)11/h2-4,10H,5H2,1H3. The van der Waals surface area contributed by atoms with E-state index in [4.69, 9.17) is 11.6 Å². The second-order valence-corrected chi connectivity index (χ2v) is 3.13. The van der Waals surface area contributed by atoms with Crippen molar-refractivity contribution in [1.82, 2.24) is 0 Å². The Kier molecular flexibility index (Phi) is 1.43. The molecule has 0 atom stereocenters. The maximum atomic E-state index is 5.83. The second-order valence-electron chi connectivity index (χ2n) is 2.69. The minimum atomic E-state index is 0.791. The third kappa shape index (κ3) is 1.03. The zero-order valence-electron chi connectivity index (χ0n) is 6.26. The van der Waals surface area contributed by atoms with Gasteiger partial charge in [-0.2, -0.15) is 0 Å². The summed E-state index contributed by atoms with van der Waals surface area (Å²) in [6, 6.07) is 5.87. The molecule has 3 heteroatoms. The van der Waals surface area contributed by atoms with Crippen LogP contribution >= 0.6 is 11.6 Å². The summed E-state index contributed by atoms with van der Waals surface area (Å²) < 4.78 is 0. The molecule has 0 amide bonds. The lowest BCUT2D eigenvalue weighted by atomic mass is 10.3. The fraction of sp³-hybridized carbons (Fsp3) is 0.250. The minimum absolute atomic E-state index is 0.791. The van der Waals surface area contributed by atoms with Crippen LogP contribution in [0.4, 0.5) is 11.4 Å². The van der Waals surface area contributed by atoms with Crippen LogP contribution in [0, 0.1) is 0 Å². The van der Waals surface area contributed by atoms with Crippen molar-refractivity contribution in [3.63, 3.8) is 0 Å². The number of nitrogens with zero attached hydrogens (tertiary/aromatic N) is 1. The maximum absolute atomic E-state index is 5.83. The molecule has 1 aliphatic heterocycles. The van der Waals surface area contributed by atoms with E-state index >= 15 is 0 Å². The van der Waals surface area contributed by atoms with Crippen LogP contribution in [0.5, 0.6) is 0 Å². The van der Waals surface area contributed by atoms with Gasteiger partial charge in [0.05, 0.1) is 18.0 Å². The first kappa shape index (κ1) is 6.80. The van der Waals surface area contributed by atoms with E-state index in [9.17, 15) is 0 Å². The monoisotopic (exact) mass is 168 g/mol. The molecular formula is C8H9ClN2. The fourth-order valence-corrected chi connectivity index (χ4v) is 1.43. The van der Waals surface area contributed by atoms with Gasteiger partial charge < -0.3 is 10.2 Å². The van der Waals surface area contributed by atoms with Crippen LogP contribution in [0.1, 0.15) is 0 Å². The normalized spacial score (nSPS) is 14.5. The SMILES string of the molecule is CN1CNc2ccc(Cl)cc21. The smallest absolute Gasteiger partial charge is 0.0874 e. The third-order valence-electron chi connectivity index (χ3n) is 1.88. The molecule has 1 aromatic carbocycles. The molecule has 0 aliphatic carbocycles. The molecule has 0 spiro atoms. The van der Waals surface area contributed by atoms with Crippen LogP contribution in [-0.2, 0) is 0 Å². The highest BCUT2D eigenvalue weighted by Gasteiger charge is 2.13. The van der Waals surface area contributed by atoms with Crippen molar-refractivity contribution in [2.45, 2.75) is 0 Å². The summed E-state index contributed by atoms with van der Waals surface area (Å²) in [4.78, 5) is 2.13. The summed E-state index contributed by atoms with van der Waals surface area (Å²) in [7, 11) is 2.04. The maximum Gasteiger partial charge on any atom is 0.0874 e. The molecule has 0 radical (unpaired) electrons. The van der Waals surface area contributed by atoms with Crippen molar-refractivity contribution < 1.29 is 0 Å². The first-order valence-corrected chi connectivity index (χ1v) is 3.90. The van der Waals surface area contributed by atoms with E-state index in [1.807, 2.05) is 25.2 Å². The Bertz CT molecular complexity index is 285. The highest BCUT2D eigenvalue weighted by Crippen LogP contribution is 2.32. The zero-order chi connectivity index (χ0) is 7.84. The number of fused-ring (bicyclic) bond motifs is 1. The van der Waals surface area contributed by atoms with Crippen molar-refractivity contribution in [3.8, 4) is 0 Å². The predicted octanol–water partition coefficient (Wildman–Crippen LogP) is 2.16. The first-order valence-electron chi connectivity index (χ1n) is 3.52. The topological polar surface area (TPSA) is 15.3 Å². The third-order valence-corrected chi connectivity index (χ3v) is 2.11. The Balaban J connectivity index is 2.52. The number of hydrogen-bond donors (Lipinski definition) is 1. The largest absolute Gasteiger partial charge is 0.366 e. The van der Waals surface area contributed by atoms with Crippen LogP contribution in [0.15, 0.2) is 18.2 Å². The molecule has 1 aromatic rings. The molecule has 0 saturated heterocycles. The lowest BCUT2D eigenvalue weighted by molar-refractivity contribution is 1.03. The summed E-state index contributed by atoms with van der Waals surface area (Å²) in [5, 5.41) is 4.04. The Morgan fingerprint density at radius 3 is 3.18 bits per heavy atom. The second kappa shape index (κ2) is 2.31. The van der Waals surface area contributed by atoms with E-state index in [0.717, 1.165) is 17.4 Å². The molecule has 0 fully saturated rings. The lowest BCUT2D eigenvalue weighted by Crippen LogP contribution is -2.15. The molecule has 1 aliphatic rings. The lowest BCUT2D eigenvalue weighted by Gasteiger charge is -2.08. The van der Waals surface area contributed by atoms with Crippen LogP contribution in [0.2, 0.25) is 5.02 Å². The molecule has 58 valence electrons. The average molecular weight is 169 g/mol. The first-order chi connectivity index (χ1) is 5.27. The molecule has 2 nitrogen and oxygen atoms in total. The minimum Gasteiger partial charge on any atom is -0.366 e. The zero-order valence-corrected chi connectivity index (χ0v) is 7.02. The van der Waals surface area contributed by atoms with E-state index in [1.165, 1.54) is 5.69 Å². The van der Waals surface area contributed by atoms with Crippen molar-refractivity contribution in [2.75, 3.05) is 23.9 Å². The summed E-state index contributed by atoms with van der Waals surface area (Å²) in [6.45, 7) is 0.871. The molecular weight excluding hydrogens is 160 g/mol. The van der Waals surface area contributed by atoms with Gasteiger partial charge in [0.1, 0.15) is 0 Å². The van der Waals surface area contributed by atoms with Crippen LogP contribution in [0.3, 0.4) is 0 Å². The molecule has 11 heavy (non-hydrogen) atoms. The fourth-order valence-electron chi connectivity index (χ4n) is 1.26. The van der Waals surface area contributed by atoms with Crippen molar-refractivity contribution >= 4 is 23.0 Å². The van der Waals surface area contributed by atoms with Gasteiger partial charge in [0.2, 0.25) is 0 Å².